The number of aromatic nitrogens is 2. The first-order chi connectivity index (χ1) is 10.5. The van der Waals surface area contributed by atoms with Gasteiger partial charge >= 0.3 is 0 Å². The number of amides is 1. The molecule has 0 saturated carbocycles. The van der Waals surface area contributed by atoms with E-state index in [2.05, 4.69) is 35.1 Å². The summed E-state index contributed by atoms with van der Waals surface area (Å²) in [7, 11) is 1.60. The number of carbonyl (C=O) groups is 1. The molecule has 0 spiro atoms. The van der Waals surface area contributed by atoms with Gasteiger partial charge in [0.05, 0.1) is 13.3 Å². The quantitative estimate of drug-likeness (QED) is 0.757. The summed E-state index contributed by atoms with van der Waals surface area (Å²) < 4.78 is 5.41. The van der Waals surface area contributed by atoms with Crippen molar-refractivity contribution in [2.45, 2.75) is 26.3 Å². The molecular formula is C16H23N4O2+. The molecule has 0 aliphatic heterocycles. The number of quaternary nitrogens is 1. The van der Waals surface area contributed by atoms with E-state index in [0.29, 0.717) is 17.4 Å². The minimum atomic E-state index is -0.264. The van der Waals surface area contributed by atoms with Gasteiger partial charge in [0.2, 0.25) is 0 Å². The second kappa shape index (κ2) is 7.09. The van der Waals surface area contributed by atoms with Gasteiger partial charge in [-0.2, -0.15) is 5.10 Å². The van der Waals surface area contributed by atoms with Crippen molar-refractivity contribution in [1.82, 2.24) is 10.2 Å². The molecule has 0 aliphatic carbocycles. The fourth-order valence-electron chi connectivity index (χ4n) is 2.33. The van der Waals surface area contributed by atoms with Crippen LogP contribution in [0.5, 0.6) is 5.75 Å². The molecular weight excluding hydrogens is 280 g/mol. The maximum atomic E-state index is 12.1. The number of ether oxygens (including phenoxy) is 1. The van der Waals surface area contributed by atoms with Crippen LogP contribution in [0.3, 0.4) is 0 Å². The highest BCUT2D eigenvalue weighted by molar-refractivity contribution is 5.94. The Labute approximate surface area is 130 Å². The molecule has 0 fully saturated rings. The van der Waals surface area contributed by atoms with E-state index in [1.54, 1.807) is 19.5 Å². The normalized spacial score (nSPS) is 12.2. The SMILES string of the molecule is COc1cc(NC(=O)C([NH3+])CC(C)C)ccc1-c1cn[nH]c1. The summed E-state index contributed by atoms with van der Waals surface area (Å²) in [5, 5.41) is 9.60. The van der Waals surface area contributed by atoms with Crippen LogP contribution in [0.25, 0.3) is 11.1 Å². The first-order valence-electron chi connectivity index (χ1n) is 7.32. The molecule has 1 amide bonds. The lowest BCUT2D eigenvalue weighted by Crippen LogP contribution is -2.66. The third kappa shape index (κ3) is 3.85. The summed E-state index contributed by atoms with van der Waals surface area (Å²) in [5.41, 5.74) is 6.47. The monoisotopic (exact) mass is 303 g/mol. The number of hydrogen-bond acceptors (Lipinski definition) is 3. The van der Waals surface area contributed by atoms with Gasteiger partial charge in [-0.15, -0.1) is 0 Å². The average molecular weight is 303 g/mol. The average Bonchev–Trinajstić information content (AvgIpc) is 3.00. The predicted octanol–water partition coefficient (Wildman–Crippen LogP) is 1.68. The number of nitrogens with zero attached hydrogens (tertiary/aromatic N) is 1. The van der Waals surface area contributed by atoms with Gasteiger partial charge in [-0.05, 0) is 18.1 Å². The number of H-pyrrole nitrogens is 1. The van der Waals surface area contributed by atoms with Crippen molar-refractivity contribution in [2.24, 2.45) is 5.92 Å². The van der Waals surface area contributed by atoms with E-state index < -0.39 is 0 Å². The largest absolute Gasteiger partial charge is 0.496 e. The molecule has 6 heteroatoms. The lowest BCUT2D eigenvalue weighted by molar-refractivity contribution is -0.405. The van der Waals surface area contributed by atoms with Crippen molar-refractivity contribution in [3.63, 3.8) is 0 Å². The topological polar surface area (TPSA) is 94.7 Å². The van der Waals surface area contributed by atoms with Crippen LogP contribution in [0.1, 0.15) is 20.3 Å². The molecule has 22 heavy (non-hydrogen) atoms. The maximum absolute atomic E-state index is 12.1. The Balaban J connectivity index is 2.15. The Morgan fingerprint density at radius 1 is 1.45 bits per heavy atom. The van der Waals surface area contributed by atoms with E-state index in [1.165, 1.54) is 0 Å². The van der Waals surface area contributed by atoms with Crippen LogP contribution >= 0.6 is 0 Å². The molecule has 0 saturated heterocycles. The molecule has 0 bridgehead atoms. The number of anilines is 1. The highest BCUT2D eigenvalue weighted by atomic mass is 16.5. The highest BCUT2D eigenvalue weighted by Gasteiger charge is 2.19. The zero-order valence-electron chi connectivity index (χ0n) is 13.2. The third-order valence-corrected chi connectivity index (χ3v) is 3.41. The molecule has 1 aromatic heterocycles. The van der Waals surface area contributed by atoms with Crippen molar-refractivity contribution in [3.05, 3.63) is 30.6 Å². The lowest BCUT2D eigenvalue weighted by atomic mass is 10.0. The van der Waals surface area contributed by atoms with Crippen molar-refractivity contribution in [3.8, 4) is 16.9 Å². The number of rotatable bonds is 6. The van der Waals surface area contributed by atoms with Gasteiger partial charge in [0.25, 0.3) is 5.91 Å². The molecule has 118 valence electrons. The first-order valence-corrected chi connectivity index (χ1v) is 7.32. The molecule has 0 radical (unpaired) electrons. The fraction of sp³-hybridized carbons (Fsp3) is 0.375. The molecule has 2 rings (SSSR count). The Bertz CT molecular complexity index is 623. The predicted molar refractivity (Wildman–Crippen MR) is 85.3 cm³/mol. The Hall–Kier alpha value is -2.34. The lowest BCUT2D eigenvalue weighted by Gasteiger charge is -2.13. The Morgan fingerprint density at radius 2 is 2.23 bits per heavy atom. The van der Waals surface area contributed by atoms with Crippen molar-refractivity contribution in [1.29, 1.82) is 0 Å². The standard InChI is InChI=1S/C16H22N4O2/c1-10(2)6-14(17)16(21)20-12-4-5-13(15(7-12)22-3)11-8-18-19-9-11/h4-5,7-10,14H,6,17H2,1-3H3,(H,18,19)(H,20,21)/p+1. The van der Waals surface area contributed by atoms with E-state index in [-0.39, 0.29) is 11.9 Å². The van der Waals surface area contributed by atoms with Crippen LogP contribution in [-0.2, 0) is 4.79 Å². The zero-order chi connectivity index (χ0) is 16.1. The number of hydrogen-bond donors (Lipinski definition) is 3. The smallest absolute Gasteiger partial charge is 0.282 e. The summed E-state index contributed by atoms with van der Waals surface area (Å²) in [4.78, 5) is 12.1. The Morgan fingerprint density at radius 3 is 2.82 bits per heavy atom. The van der Waals surface area contributed by atoms with Gasteiger partial charge < -0.3 is 15.8 Å². The summed E-state index contributed by atoms with van der Waals surface area (Å²) >= 11 is 0. The van der Waals surface area contributed by atoms with Crippen LogP contribution in [-0.4, -0.2) is 29.3 Å². The molecule has 1 heterocycles. The van der Waals surface area contributed by atoms with Crippen molar-refractivity contribution in [2.75, 3.05) is 12.4 Å². The maximum Gasteiger partial charge on any atom is 0.282 e. The van der Waals surface area contributed by atoms with Crippen LogP contribution < -0.4 is 15.8 Å². The number of nitrogens with one attached hydrogen (secondary N) is 2. The van der Waals surface area contributed by atoms with Gasteiger partial charge in [0, 0.05) is 35.5 Å². The molecule has 5 N–H and O–H groups in total. The molecule has 0 aliphatic rings. The third-order valence-electron chi connectivity index (χ3n) is 3.41. The minimum Gasteiger partial charge on any atom is -0.496 e. The molecule has 6 nitrogen and oxygen atoms in total. The fourth-order valence-corrected chi connectivity index (χ4v) is 2.33. The second-order valence-corrected chi connectivity index (χ2v) is 5.72. The van der Waals surface area contributed by atoms with Gasteiger partial charge in [-0.3, -0.25) is 9.89 Å². The van der Waals surface area contributed by atoms with Gasteiger partial charge in [0.15, 0.2) is 6.04 Å². The summed E-state index contributed by atoms with van der Waals surface area (Å²) in [6, 6.07) is 5.30. The summed E-state index contributed by atoms with van der Waals surface area (Å²) in [6.07, 6.45) is 4.28. The van der Waals surface area contributed by atoms with E-state index in [1.807, 2.05) is 18.2 Å². The molecule has 2 aromatic rings. The van der Waals surface area contributed by atoms with Gasteiger partial charge in [-0.25, -0.2) is 0 Å². The van der Waals surface area contributed by atoms with Crippen LogP contribution in [0.15, 0.2) is 30.6 Å². The molecule has 1 aromatic carbocycles. The number of carbonyl (C=O) groups excluding carboxylic acids is 1. The number of methoxy groups -OCH3 is 1. The second-order valence-electron chi connectivity index (χ2n) is 5.72. The van der Waals surface area contributed by atoms with Crippen LogP contribution in [0, 0.1) is 5.92 Å². The van der Waals surface area contributed by atoms with Crippen molar-refractivity contribution >= 4 is 11.6 Å². The summed E-state index contributed by atoms with van der Waals surface area (Å²) in [5.74, 6) is 1.04. The highest BCUT2D eigenvalue weighted by Crippen LogP contribution is 2.31. The van der Waals surface area contributed by atoms with Crippen LogP contribution in [0.2, 0.25) is 0 Å². The number of aromatic amines is 1. The van der Waals surface area contributed by atoms with Crippen molar-refractivity contribution < 1.29 is 15.3 Å². The van der Waals surface area contributed by atoms with Crippen LogP contribution in [0.4, 0.5) is 5.69 Å². The van der Waals surface area contributed by atoms with E-state index in [0.717, 1.165) is 17.5 Å². The summed E-state index contributed by atoms with van der Waals surface area (Å²) in [6.45, 7) is 4.16. The Kier molecular flexibility index (Phi) is 5.16. The van der Waals surface area contributed by atoms with E-state index >= 15 is 0 Å². The first kappa shape index (κ1) is 16.0. The molecule has 1 unspecified atom stereocenters. The molecule has 1 atom stereocenters. The van der Waals surface area contributed by atoms with E-state index in [9.17, 15) is 4.79 Å². The minimum absolute atomic E-state index is 0.0770. The van der Waals surface area contributed by atoms with E-state index in [4.69, 9.17) is 4.74 Å². The van der Waals surface area contributed by atoms with Gasteiger partial charge in [-0.1, -0.05) is 13.8 Å². The number of benzene rings is 1. The van der Waals surface area contributed by atoms with Gasteiger partial charge in [0.1, 0.15) is 5.75 Å². The zero-order valence-corrected chi connectivity index (χ0v) is 13.2.